The summed E-state index contributed by atoms with van der Waals surface area (Å²) < 4.78 is 16.8. The molecule has 1 saturated heterocycles. The van der Waals surface area contributed by atoms with Gasteiger partial charge in [-0.15, -0.1) is 0 Å². The van der Waals surface area contributed by atoms with E-state index in [0.717, 1.165) is 29.9 Å². The highest BCUT2D eigenvalue weighted by atomic mass is 16.6. The molecule has 5 rings (SSSR count). The van der Waals surface area contributed by atoms with Crippen molar-refractivity contribution in [1.29, 1.82) is 0 Å². The Morgan fingerprint density at radius 2 is 2.00 bits per heavy atom. The van der Waals surface area contributed by atoms with Crippen LogP contribution < -0.4 is 10.1 Å². The highest BCUT2D eigenvalue weighted by Gasteiger charge is 2.42. The highest BCUT2D eigenvalue weighted by Crippen LogP contribution is 2.47. The quantitative estimate of drug-likeness (QED) is 0.578. The summed E-state index contributed by atoms with van der Waals surface area (Å²) in [5, 5.41) is 13.6. The topological polar surface area (TPSA) is 94.1 Å². The maximum absolute atomic E-state index is 13.7. The molecule has 2 aromatic carbocycles. The maximum atomic E-state index is 13.7. The number of rotatable bonds is 6. The average molecular weight is 490 g/mol. The van der Waals surface area contributed by atoms with Crippen LogP contribution in [0.2, 0.25) is 0 Å². The summed E-state index contributed by atoms with van der Waals surface area (Å²) in [6.45, 7) is 2.69. The molecular weight excluding hydrogens is 458 g/mol. The number of hydrogen-bond acceptors (Lipinski definition) is 7. The lowest BCUT2D eigenvalue weighted by Gasteiger charge is -2.37. The van der Waals surface area contributed by atoms with Crippen LogP contribution in [0.5, 0.6) is 11.5 Å². The average Bonchev–Trinajstić information content (AvgIpc) is 3.40. The van der Waals surface area contributed by atoms with Gasteiger partial charge in [-0.05, 0) is 55.5 Å². The summed E-state index contributed by atoms with van der Waals surface area (Å²) in [4.78, 5) is 27.1. The normalized spacial score (nSPS) is 23.8. The van der Waals surface area contributed by atoms with Crippen molar-refractivity contribution in [2.75, 3.05) is 20.3 Å². The molecule has 2 aliphatic heterocycles. The SMILES string of the molecule is COc1ccccc1[C@@H]1CC(=O)C2=C(C1)NC(C)=C(C(=O)OCC1CCCO1)[C@H]2c1cccc(O)c1. The van der Waals surface area contributed by atoms with Gasteiger partial charge < -0.3 is 24.6 Å². The number of carbonyl (C=O) groups is 2. The maximum Gasteiger partial charge on any atom is 0.336 e. The van der Waals surface area contributed by atoms with Crippen molar-refractivity contribution < 1.29 is 28.9 Å². The van der Waals surface area contributed by atoms with Crippen LogP contribution in [0.1, 0.15) is 55.6 Å². The van der Waals surface area contributed by atoms with Crippen LogP contribution in [-0.4, -0.2) is 43.3 Å². The fourth-order valence-corrected chi connectivity index (χ4v) is 5.59. The molecule has 0 bridgehead atoms. The van der Waals surface area contributed by atoms with Gasteiger partial charge in [0.2, 0.25) is 0 Å². The van der Waals surface area contributed by atoms with Gasteiger partial charge in [0.15, 0.2) is 5.78 Å². The molecule has 1 fully saturated rings. The summed E-state index contributed by atoms with van der Waals surface area (Å²) in [5.41, 5.74) is 4.05. The lowest BCUT2D eigenvalue weighted by atomic mass is 9.71. The zero-order chi connectivity index (χ0) is 25.2. The molecule has 3 atom stereocenters. The number of nitrogens with one attached hydrogen (secondary N) is 1. The molecule has 2 aromatic rings. The molecule has 0 aromatic heterocycles. The molecule has 3 aliphatic rings. The number of para-hydroxylation sites is 1. The van der Waals surface area contributed by atoms with Crippen LogP contribution in [0, 0.1) is 0 Å². The molecule has 7 nitrogen and oxygen atoms in total. The van der Waals surface area contributed by atoms with Crippen molar-refractivity contribution in [3.05, 3.63) is 82.2 Å². The van der Waals surface area contributed by atoms with Crippen molar-refractivity contribution in [2.24, 2.45) is 0 Å². The number of benzene rings is 2. The molecule has 1 aliphatic carbocycles. The fraction of sp³-hybridized carbons (Fsp3) is 0.379. The van der Waals surface area contributed by atoms with Gasteiger partial charge in [0.1, 0.15) is 18.1 Å². The number of ketones is 1. The van der Waals surface area contributed by atoms with Crippen LogP contribution in [0.25, 0.3) is 0 Å². The number of allylic oxidation sites excluding steroid dienone is 3. The standard InChI is InChI=1S/C29H31NO6/c1-17-26(29(33)36-16-21-9-6-12-35-21)27(18-7-5-8-20(31)13-18)28-23(30-17)14-19(15-24(28)32)22-10-3-4-11-25(22)34-2/h3-5,7-8,10-11,13,19,21,27,30-31H,6,9,12,14-16H2,1-2H3/t19-,21?,27+/m0/s1. The van der Waals surface area contributed by atoms with Crippen molar-refractivity contribution >= 4 is 11.8 Å². The number of ether oxygens (including phenoxy) is 3. The Morgan fingerprint density at radius 3 is 2.75 bits per heavy atom. The lowest BCUT2D eigenvalue weighted by Crippen LogP contribution is -2.36. The first-order valence-electron chi connectivity index (χ1n) is 12.4. The minimum Gasteiger partial charge on any atom is -0.508 e. The second kappa shape index (κ2) is 10.2. The molecule has 188 valence electrons. The molecule has 0 spiro atoms. The largest absolute Gasteiger partial charge is 0.508 e. The van der Waals surface area contributed by atoms with Crippen molar-refractivity contribution in [1.82, 2.24) is 5.32 Å². The van der Waals surface area contributed by atoms with Gasteiger partial charge in [0.25, 0.3) is 0 Å². The Kier molecular flexibility index (Phi) is 6.83. The number of Topliss-reactive ketones (excluding diaryl/α,β-unsaturated/α-hetero) is 1. The Hall–Kier alpha value is -3.58. The Labute approximate surface area is 210 Å². The lowest BCUT2D eigenvalue weighted by molar-refractivity contribution is -0.142. The highest BCUT2D eigenvalue weighted by molar-refractivity contribution is 6.04. The molecular formula is C29H31NO6. The predicted molar refractivity (Wildman–Crippen MR) is 134 cm³/mol. The molecule has 1 unspecified atom stereocenters. The van der Waals surface area contributed by atoms with E-state index < -0.39 is 11.9 Å². The van der Waals surface area contributed by atoms with Crippen LogP contribution in [-0.2, 0) is 19.1 Å². The number of hydrogen-bond donors (Lipinski definition) is 2. The Bertz CT molecular complexity index is 1240. The van der Waals surface area contributed by atoms with E-state index in [1.165, 1.54) is 0 Å². The van der Waals surface area contributed by atoms with E-state index >= 15 is 0 Å². The number of carbonyl (C=O) groups excluding carboxylic acids is 2. The van der Waals surface area contributed by atoms with E-state index in [0.29, 0.717) is 41.9 Å². The number of methoxy groups -OCH3 is 1. The van der Waals surface area contributed by atoms with Gasteiger partial charge >= 0.3 is 5.97 Å². The smallest absolute Gasteiger partial charge is 0.336 e. The second-order valence-corrected chi connectivity index (χ2v) is 9.59. The zero-order valence-electron chi connectivity index (χ0n) is 20.6. The van der Waals surface area contributed by atoms with E-state index in [1.807, 2.05) is 37.3 Å². The molecule has 0 saturated carbocycles. The monoisotopic (exact) mass is 489 g/mol. The van der Waals surface area contributed by atoms with Crippen LogP contribution >= 0.6 is 0 Å². The third-order valence-corrected chi connectivity index (χ3v) is 7.25. The fourth-order valence-electron chi connectivity index (χ4n) is 5.59. The molecule has 0 radical (unpaired) electrons. The number of esters is 1. The van der Waals surface area contributed by atoms with Crippen LogP contribution in [0.4, 0.5) is 0 Å². The molecule has 2 N–H and O–H groups in total. The molecule has 36 heavy (non-hydrogen) atoms. The van der Waals surface area contributed by atoms with Crippen molar-refractivity contribution in [2.45, 2.75) is 50.5 Å². The van der Waals surface area contributed by atoms with E-state index in [2.05, 4.69) is 5.32 Å². The summed E-state index contributed by atoms with van der Waals surface area (Å²) in [6.07, 6.45) is 2.62. The summed E-state index contributed by atoms with van der Waals surface area (Å²) >= 11 is 0. The van der Waals surface area contributed by atoms with Gasteiger partial charge in [-0.2, -0.15) is 0 Å². The van der Waals surface area contributed by atoms with E-state index in [4.69, 9.17) is 14.2 Å². The first-order chi connectivity index (χ1) is 17.5. The number of aromatic hydroxyl groups is 1. The third kappa shape index (κ3) is 4.63. The van der Waals surface area contributed by atoms with Gasteiger partial charge in [-0.25, -0.2) is 4.79 Å². The van der Waals surface area contributed by atoms with Crippen molar-refractivity contribution in [3.63, 3.8) is 0 Å². The van der Waals surface area contributed by atoms with Crippen molar-refractivity contribution in [3.8, 4) is 11.5 Å². The summed E-state index contributed by atoms with van der Waals surface area (Å²) in [6, 6.07) is 14.5. The predicted octanol–water partition coefficient (Wildman–Crippen LogP) is 4.48. The molecule has 2 heterocycles. The summed E-state index contributed by atoms with van der Waals surface area (Å²) in [7, 11) is 1.63. The van der Waals surface area contributed by atoms with E-state index in [1.54, 1.807) is 25.3 Å². The third-order valence-electron chi connectivity index (χ3n) is 7.25. The van der Waals surface area contributed by atoms with E-state index in [-0.39, 0.29) is 30.2 Å². The molecule has 0 amide bonds. The second-order valence-electron chi connectivity index (χ2n) is 9.59. The minimum atomic E-state index is -0.628. The van der Waals surface area contributed by atoms with Gasteiger partial charge in [-0.3, -0.25) is 4.79 Å². The molecule has 7 heteroatoms. The summed E-state index contributed by atoms with van der Waals surface area (Å²) in [5.74, 6) is -0.361. The minimum absolute atomic E-state index is 0.0371. The van der Waals surface area contributed by atoms with Crippen LogP contribution in [0.3, 0.4) is 0 Å². The van der Waals surface area contributed by atoms with Gasteiger partial charge in [-0.1, -0.05) is 30.3 Å². The first kappa shape index (κ1) is 24.1. The zero-order valence-corrected chi connectivity index (χ0v) is 20.6. The number of dihydropyridines is 1. The number of phenols is 1. The Balaban J connectivity index is 1.51. The Morgan fingerprint density at radius 1 is 1.17 bits per heavy atom. The van der Waals surface area contributed by atoms with Gasteiger partial charge in [0.05, 0.1) is 18.8 Å². The first-order valence-corrected chi connectivity index (χ1v) is 12.4. The van der Waals surface area contributed by atoms with E-state index in [9.17, 15) is 14.7 Å². The van der Waals surface area contributed by atoms with Crippen LogP contribution in [0.15, 0.2) is 71.1 Å². The van der Waals surface area contributed by atoms with Gasteiger partial charge in [0, 0.05) is 41.8 Å². The number of phenolic OH excluding ortho intramolecular Hbond substituents is 1.